The predicted octanol–water partition coefficient (Wildman–Crippen LogP) is 0.917. The fourth-order valence-corrected chi connectivity index (χ4v) is 2.32. The normalized spacial score (nSPS) is 19.8. The molecule has 3 rings (SSSR count). The summed E-state index contributed by atoms with van der Waals surface area (Å²) in [7, 11) is 2.07. The number of nitrogens with zero attached hydrogens (tertiary/aromatic N) is 5. The van der Waals surface area contributed by atoms with E-state index >= 15 is 0 Å². The van der Waals surface area contributed by atoms with E-state index in [1.165, 1.54) is 17.1 Å². The highest BCUT2D eigenvalue weighted by Crippen LogP contribution is 2.21. The Morgan fingerprint density at radius 1 is 1.42 bits per heavy atom. The molecule has 0 amide bonds. The lowest BCUT2D eigenvalue weighted by Crippen LogP contribution is -2.24. The number of likely N-dealkylation sites (tertiary alicyclic amines) is 1. The number of benzene rings is 1. The highest BCUT2D eigenvalue weighted by molar-refractivity contribution is 5.52. The molecule has 1 aliphatic heterocycles. The minimum Gasteiger partial charge on any atom is -0.379 e. The van der Waals surface area contributed by atoms with Gasteiger partial charge in [-0.2, -0.15) is 0 Å². The zero-order valence-electron chi connectivity index (χ0n) is 10.6. The van der Waals surface area contributed by atoms with E-state index in [-0.39, 0.29) is 11.9 Å². The molecule has 1 atom stereocenters. The van der Waals surface area contributed by atoms with Gasteiger partial charge in [0.15, 0.2) is 0 Å². The molecule has 1 aromatic carbocycles. The Kier molecular flexibility index (Phi) is 3.12. The molecule has 0 aliphatic carbocycles. The first-order valence-corrected chi connectivity index (χ1v) is 6.20. The van der Waals surface area contributed by atoms with Crippen molar-refractivity contribution in [2.24, 2.45) is 0 Å². The molecule has 1 aromatic heterocycles. The van der Waals surface area contributed by atoms with E-state index in [1.54, 1.807) is 12.1 Å². The number of rotatable bonds is 3. The molecule has 2 aromatic rings. The molecule has 1 unspecified atom stereocenters. The highest BCUT2D eigenvalue weighted by Gasteiger charge is 2.20. The van der Waals surface area contributed by atoms with Crippen molar-refractivity contribution in [3.05, 3.63) is 30.3 Å². The van der Waals surface area contributed by atoms with Crippen molar-refractivity contribution in [3.63, 3.8) is 0 Å². The number of nitrogens with one attached hydrogen (secondary N) is 1. The van der Waals surface area contributed by atoms with Gasteiger partial charge in [-0.1, -0.05) is 0 Å². The van der Waals surface area contributed by atoms with Gasteiger partial charge in [-0.05, 0) is 48.6 Å². The number of likely N-dealkylation sites (N-methyl/N-ethyl adjacent to an activating group) is 1. The van der Waals surface area contributed by atoms with E-state index in [2.05, 4.69) is 32.8 Å². The molecule has 2 heterocycles. The molecule has 100 valence electrons. The number of hydrogen-bond acceptors (Lipinski definition) is 5. The summed E-state index contributed by atoms with van der Waals surface area (Å²) in [6.45, 7) is 1.96. The number of hydrogen-bond donors (Lipinski definition) is 1. The maximum atomic E-state index is 13.8. The fourth-order valence-electron chi connectivity index (χ4n) is 2.32. The van der Waals surface area contributed by atoms with Gasteiger partial charge in [0.05, 0.1) is 11.4 Å². The molecule has 1 N–H and O–H groups in total. The Bertz CT molecular complexity index is 555. The zero-order valence-corrected chi connectivity index (χ0v) is 10.6. The van der Waals surface area contributed by atoms with E-state index in [0.717, 1.165) is 25.2 Å². The third-order valence-corrected chi connectivity index (χ3v) is 3.31. The van der Waals surface area contributed by atoms with Crippen LogP contribution < -0.4 is 5.32 Å². The summed E-state index contributed by atoms with van der Waals surface area (Å²) < 4.78 is 15.3. The first kappa shape index (κ1) is 12.0. The first-order valence-electron chi connectivity index (χ1n) is 6.20. The Morgan fingerprint density at radius 2 is 2.32 bits per heavy atom. The third kappa shape index (κ3) is 2.55. The van der Waals surface area contributed by atoms with Gasteiger partial charge in [0.1, 0.15) is 12.1 Å². The molecule has 7 heteroatoms. The lowest BCUT2D eigenvalue weighted by molar-refractivity contribution is 0.414. The third-order valence-electron chi connectivity index (χ3n) is 3.31. The van der Waals surface area contributed by atoms with Crippen LogP contribution in [0.25, 0.3) is 5.69 Å². The van der Waals surface area contributed by atoms with Crippen LogP contribution >= 0.6 is 0 Å². The monoisotopic (exact) mass is 262 g/mol. The van der Waals surface area contributed by atoms with Crippen LogP contribution in [0.5, 0.6) is 0 Å². The van der Waals surface area contributed by atoms with Crippen LogP contribution in [0.15, 0.2) is 24.5 Å². The minimum atomic E-state index is -0.258. The van der Waals surface area contributed by atoms with Crippen LogP contribution in [0, 0.1) is 5.82 Å². The second-order valence-electron chi connectivity index (χ2n) is 4.81. The summed E-state index contributed by atoms with van der Waals surface area (Å²) in [5.74, 6) is -0.258. The highest BCUT2D eigenvalue weighted by atomic mass is 19.1. The molecule has 1 saturated heterocycles. The molecular weight excluding hydrogens is 247 g/mol. The van der Waals surface area contributed by atoms with Crippen molar-refractivity contribution in [2.45, 2.75) is 12.5 Å². The van der Waals surface area contributed by atoms with Crippen LogP contribution in [0.1, 0.15) is 6.42 Å². The van der Waals surface area contributed by atoms with E-state index < -0.39 is 0 Å². The van der Waals surface area contributed by atoms with Crippen LogP contribution in [-0.2, 0) is 0 Å². The van der Waals surface area contributed by atoms with Gasteiger partial charge in [0.2, 0.25) is 0 Å². The van der Waals surface area contributed by atoms with Crippen LogP contribution in [-0.4, -0.2) is 51.3 Å². The maximum Gasteiger partial charge on any atom is 0.146 e. The zero-order chi connectivity index (χ0) is 13.2. The van der Waals surface area contributed by atoms with E-state index in [9.17, 15) is 4.39 Å². The SMILES string of the molecule is CN1CCC(Nc2cc(-n3cnnn3)ccc2F)C1. The summed E-state index contributed by atoms with van der Waals surface area (Å²) in [6, 6.07) is 5.09. The minimum absolute atomic E-state index is 0.258. The molecule has 6 nitrogen and oxygen atoms in total. The fraction of sp³-hybridized carbons (Fsp3) is 0.417. The van der Waals surface area contributed by atoms with Gasteiger partial charge >= 0.3 is 0 Å². The number of tetrazole rings is 1. The molecule has 0 radical (unpaired) electrons. The number of aromatic nitrogens is 4. The Balaban J connectivity index is 1.82. The average molecular weight is 262 g/mol. The van der Waals surface area contributed by atoms with E-state index in [4.69, 9.17) is 0 Å². The maximum absolute atomic E-state index is 13.8. The van der Waals surface area contributed by atoms with E-state index in [1.807, 2.05) is 0 Å². The van der Waals surface area contributed by atoms with Gasteiger partial charge in [-0.3, -0.25) is 0 Å². The van der Waals surface area contributed by atoms with Crippen molar-refractivity contribution < 1.29 is 4.39 Å². The lowest BCUT2D eigenvalue weighted by atomic mass is 10.2. The van der Waals surface area contributed by atoms with E-state index in [0.29, 0.717) is 5.69 Å². The number of anilines is 1. The van der Waals surface area contributed by atoms with Crippen molar-refractivity contribution in [2.75, 3.05) is 25.5 Å². The van der Waals surface area contributed by atoms with Gasteiger partial charge in [0.25, 0.3) is 0 Å². The van der Waals surface area contributed by atoms with Crippen LogP contribution in [0.3, 0.4) is 0 Å². The molecule has 0 bridgehead atoms. The molecule has 19 heavy (non-hydrogen) atoms. The lowest BCUT2D eigenvalue weighted by Gasteiger charge is -2.15. The summed E-state index contributed by atoms with van der Waals surface area (Å²) in [5, 5.41) is 14.2. The number of halogens is 1. The second-order valence-corrected chi connectivity index (χ2v) is 4.81. The summed E-state index contributed by atoms with van der Waals surface area (Å²) >= 11 is 0. The van der Waals surface area contributed by atoms with Crippen LogP contribution in [0.4, 0.5) is 10.1 Å². The Labute approximate surface area is 110 Å². The van der Waals surface area contributed by atoms with Gasteiger partial charge in [-0.15, -0.1) is 5.10 Å². The van der Waals surface area contributed by atoms with Crippen molar-refractivity contribution in [1.82, 2.24) is 25.1 Å². The predicted molar refractivity (Wildman–Crippen MR) is 68.6 cm³/mol. The molecule has 1 fully saturated rings. The largest absolute Gasteiger partial charge is 0.379 e. The molecule has 0 spiro atoms. The van der Waals surface area contributed by atoms with Crippen molar-refractivity contribution >= 4 is 5.69 Å². The van der Waals surface area contributed by atoms with Gasteiger partial charge < -0.3 is 10.2 Å². The first-order chi connectivity index (χ1) is 9.22. The Morgan fingerprint density at radius 3 is 3.00 bits per heavy atom. The molecule has 1 aliphatic rings. The van der Waals surface area contributed by atoms with Gasteiger partial charge in [-0.25, -0.2) is 9.07 Å². The standard InChI is InChI=1S/C12H15FN6/c1-18-5-4-9(7-18)15-12-6-10(2-3-11(12)13)19-8-14-16-17-19/h2-3,6,8-9,15H,4-5,7H2,1H3. The Hall–Kier alpha value is -2.02. The van der Waals surface area contributed by atoms with Crippen molar-refractivity contribution in [3.8, 4) is 5.69 Å². The summed E-state index contributed by atoms with van der Waals surface area (Å²) in [4.78, 5) is 2.22. The average Bonchev–Trinajstić information content (AvgIpc) is 3.04. The second kappa shape index (κ2) is 4.93. The smallest absolute Gasteiger partial charge is 0.146 e. The summed E-state index contributed by atoms with van der Waals surface area (Å²) in [6.07, 6.45) is 2.51. The topological polar surface area (TPSA) is 58.9 Å². The van der Waals surface area contributed by atoms with Crippen molar-refractivity contribution in [1.29, 1.82) is 0 Å². The summed E-state index contributed by atoms with van der Waals surface area (Å²) in [5.41, 5.74) is 1.23. The quantitative estimate of drug-likeness (QED) is 0.891. The molecule has 0 saturated carbocycles. The molecular formula is C12H15FN6. The van der Waals surface area contributed by atoms with Crippen LogP contribution in [0.2, 0.25) is 0 Å². The van der Waals surface area contributed by atoms with Gasteiger partial charge in [0, 0.05) is 12.6 Å².